The molecule has 0 aliphatic carbocycles. The van der Waals surface area contributed by atoms with E-state index in [1.54, 1.807) is 11.3 Å². The number of amides is 1. The molecule has 2 aliphatic rings. The van der Waals surface area contributed by atoms with Gasteiger partial charge in [-0.05, 0) is 62.0 Å². The van der Waals surface area contributed by atoms with Crippen molar-refractivity contribution in [2.75, 3.05) is 26.2 Å². The van der Waals surface area contributed by atoms with Gasteiger partial charge in [0.25, 0.3) is 5.91 Å². The smallest absolute Gasteiger partial charge is 0.261 e. The molecule has 0 bridgehead atoms. The lowest BCUT2D eigenvalue weighted by molar-refractivity contribution is 0.0948. The van der Waals surface area contributed by atoms with Crippen LogP contribution < -0.4 is 10.1 Å². The Bertz CT molecular complexity index is 1040. The van der Waals surface area contributed by atoms with Crippen molar-refractivity contribution in [1.29, 1.82) is 0 Å². The summed E-state index contributed by atoms with van der Waals surface area (Å²) in [6.45, 7) is 4.39. The van der Waals surface area contributed by atoms with E-state index in [2.05, 4.69) is 46.6 Å². The van der Waals surface area contributed by atoms with E-state index in [4.69, 9.17) is 4.74 Å². The van der Waals surface area contributed by atoms with Crippen LogP contribution in [0.5, 0.6) is 5.75 Å². The summed E-state index contributed by atoms with van der Waals surface area (Å²) in [6, 6.07) is 20.8. The monoisotopic (exact) mass is 432 g/mol. The summed E-state index contributed by atoms with van der Waals surface area (Å²) >= 11 is 1.57. The summed E-state index contributed by atoms with van der Waals surface area (Å²) in [4.78, 5) is 17.1. The second-order valence-electron chi connectivity index (χ2n) is 8.48. The molecular weight excluding hydrogens is 404 g/mol. The number of fused-ring (bicyclic) bond motifs is 3. The molecule has 1 amide bonds. The second-order valence-corrected chi connectivity index (χ2v) is 9.53. The number of nitrogens with one attached hydrogen (secondary N) is 1. The highest BCUT2D eigenvalue weighted by molar-refractivity contribution is 7.17. The maximum Gasteiger partial charge on any atom is 0.261 e. The Kier molecular flexibility index (Phi) is 6.05. The van der Waals surface area contributed by atoms with Gasteiger partial charge in [-0.25, -0.2) is 0 Å². The van der Waals surface area contributed by atoms with Crippen molar-refractivity contribution in [1.82, 2.24) is 10.2 Å². The Morgan fingerprint density at radius 3 is 2.68 bits per heavy atom. The third-order valence-corrected chi connectivity index (χ3v) is 7.54. The molecule has 0 spiro atoms. The number of nitrogens with zero attached hydrogens (tertiary/aromatic N) is 1. The Balaban J connectivity index is 1.09. The SMILES string of the molecule is O=C(NCCN1CCC(Cc2ccccc2)CC1)c1cc2c(s1)-c1ccccc1OC2. The molecule has 0 saturated carbocycles. The molecular formula is C26H28N2O2S. The fourth-order valence-electron chi connectivity index (χ4n) is 4.59. The summed E-state index contributed by atoms with van der Waals surface area (Å²) in [7, 11) is 0. The number of hydrogen-bond acceptors (Lipinski definition) is 4. The van der Waals surface area contributed by atoms with Crippen LogP contribution in [0.15, 0.2) is 60.7 Å². The van der Waals surface area contributed by atoms with Crippen LogP contribution in [0.4, 0.5) is 0 Å². The van der Waals surface area contributed by atoms with Gasteiger partial charge >= 0.3 is 0 Å². The fraction of sp³-hybridized carbons (Fsp3) is 0.346. The number of carbonyl (C=O) groups excluding carboxylic acids is 1. The van der Waals surface area contributed by atoms with Gasteiger partial charge in [0, 0.05) is 29.1 Å². The number of rotatable bonds is 6. The van der Waals surface area contributed by atoms with E-state index in [0.29, 0.717) is 13.2 Å². The molecule has 5 rings (SSSR count). The van der Waals surface area contributed by atoms with E-state index >= 15 is 0 Å². The van der Waals surface area contributed by atoms with Crippen molar-refractivity contribution in [2.24, 2.45) is 5.92 Å². The van der Waals surface area contributed by atoms with Crippen LogP contribution in [0, 0.1) is 5.92 Å². The maximum absolute atomic E-state index is 12.7. The first-order valence-corrected chi connectivity index (χ1v) is 12.0. The molecule has 1 fully saturated rings. The first-order chi connectivity index (χ1) is 15.3. The molecule has 3 aromatic rings. The van der Waals surface area contributed by atoms with Crippen LogP contribution in [0.2, 0.25) is 0 Å². The third kappa shape index (κ3) is 4.68. The largest absolute Gasteiger partial charge is 0.488 e. The van der Waals surface area contributed by atoms with E-state index < -0.39 is 0 Å². The first-order valence-electron chi connectivity index (χ1n) is 11.2. The van der Waals surface area contributed by atoms with Crippen molar-refractivity contribution in [3.63, 3.8) is 0 Å². The lowest BCUT2D eigenvalue weighted by Crippen LogP contribution is -2.39. The summed E-state index contributed by atoms with van der Waals surface area (Å²) in [5, 5.41) is 3.12. The fourth-order valence-corrected chi connectivity index (χ4v) is 5.70. The average molecular weight is 433 g/mol. The van der Waals surface area contributed by atoms with E-state index in [1.807, 2.05) is 24.3 Å². The number of ether oxygens (including phenoxy) is 1. The molecule has 2 aromatic carbocycles. The predicted molar refractivity (Wildman–Crippen MR) is 126 cm³/mol. The van der Waals surface area contributed by atoms with E-state index in [9.17, 15) is 4.79 Å². The minimum Gasteiger partial charge on any atom is -0.488 e. The second kappa shape index (κ2) is 9.25. The van der Waals surface area contributed by atoms with Crippen LogP contribution in [0.25, 0.3) is 10.4 Å². The van der Waals surface area contributed by atoms with Gasteiger partial charge < -0.3 is 15.0 Å². The lowest BCUT2D eigenvalue weighted by atomic mass is 9.90. The molecule has 4 nitrogen and oxygen atoms in total. The molecule has 1 N–H and O–H groups in total. The average Bonchev–Trinajstić information content (AvgIpc) is 3.26. The van der Waals surface area contributed by atoms with Gasteiger partial charge in [-0.1, -0.05) is 42.5 Å². The Morgan fingerprint density at radius 2 is 1.84 bits per heavy atom. The zero-order chi connectivity index (χ0) is 21.0. The summed E-state index contributed by atoms with van der Waals surface area (Å²) in [5.41, 5.74) is 3.64. The van der Waals surface area contributed by atoms with Gasteiger partial charge in [-0.15, -0.1) is 11.3 Å². The molecule has 0 unspecified atom stereocenters. The molecule has 5 heteroatoms. The third-order valence-electron chi connectivity index (χ3n) is 6.34. The lowest BCUT2D eigenvalue weighted by Gasteiger charge is -2.32. The van der Waals surface area contributed by atoms with Gasteiger partial charge in [0.1, 0.15) is 12.4 Å². The summed E-state index contributed by atoms with van der Waals surface area (Å²) in [5.74, 6) is 1.70. The minimum atomic E-state index is 0.0239. The van der Waals surface area contributed by atoms with Gasteiger partial charge in [0.05, 0.1) is 4.88 Å². The van der Waals surface area contributed by atoms with E-state index in [-0.39, 0.29) is 5.91 Å². The van der Waals surface area contributed by atoms with E-state index in [0.717, 1.165) is 52.2 Å². The Labute approximate surface area is 187 Å². The molecule has 0 radical (unpaired) electrons. The highest BCUT2D eigenvalue weighted by atomic mass is 32.1. The topological polar surface area (TPSA) is 41.6 Å². The van der Waals surface area contributed by atoms with Crippen LogP contribution >= 0.6 is 11.3 Å². The minimum absolute atomic E-state index is 0.0239. The van der Waals surface area contributed by atoms with Gasteiger partial charge in [0.15, 0.2) is 0 Å². The molecule has 31 heavy (non-hydrogen) atoms. The van der Waals surface area contributed by atoms with Gasteiger partial charge in [-0.2, -0.15) is 0 Å². The Morgan fingerprint density at radius 1 is 1.06 bits per heavy atom. The van der Waals surface area contributed by atoms with Crippen molar-refractivity contribution in [3.05, 3.63) is 76.7 Å². The van der Waals surface area contributed by atoms with Crippen molar-refractivity contribution >= 4 is 17.2 Å². The number of para-hydroxylation sites is 1. The molecule has 2 aliphatic heterocycles. The standard InChI is InChI=1S/C26H28N2O2S/c29-26(24-17-21-18-30-23-9-5-4-8-22(23)25(21)31-24)27-12-15-28-13-10-20(11-14-28)16-19-6-2-1-3-7-19/h1-9,17,20H,10-16,18H2,(H,27,29). The number of benzene rings is 2. The molecule has 1 saturated heterocycles. The molecule has 3 heterocycles. The number of likely N-dealkylation sites (tertiary alicyclic amines) is 1. The van der Waals surface area contributed by atoms with Gasteiger partial charge in [0.2, 0.25) is 0 Å². The zero-order valence-electron chi connectivity index (χ0n) is 17.7. The van der Waals surface area contributed by atoms with Crippen LogP contribution in [0.3, 0.4) is 0 Å². The summed E-state index contributed by atoms with van der Waals surface area (Å²) in [6.07, 6.45) is 3.65. The number of thiophene rings is 1. The molecule has 0 atom stereocenters. The number of carbonyl (C=O) groups is 1. The molecule has 1 aromatic heterocycles. The highest BCUT2D eigenvalue weighted by Gasteiger charge is 2.23. The van der Waals surface area contributed by atoms with Crippen LogP contribution in [0.1, 0.15) is 33.6 Å². The highest BCUT2D eigenvalue weighted by Crippen LogP contribution is 2.42. The van der Waals surface area contributed by atoms with Crippen molar-refractivity contribution in [3.8, 4) is 16.2 Å². The first kappa shape index (κ1) is 20.3. The molecule has 160 valence electrons. The predicted octanol–water partition coefficient (Wildman–Crippen LogP) is 4.99. The quantitative estimate of drug-likeness (QED) is 0.597. The normalized spacial score (nSPS) is 16.3. The number of piperidine rings is 1. The van der Waals surface area contributed by atoms with Crippen LogP contribution in [-0.2, 0) is 13.0 Å². The maximum atomic E-state index is 12.7. The summed E-state index contributed by atoms with van der Waals surface area (Å²) < 4.78 is 5.82. The van der Waals surface area contributed by atoms with Crippen molar-refractivity contribution in [2.45, 2.75) is 25.9 Å². The van der Waals surface area contributed by atoms with E-state index in [1.165, 1.54) is 24.8 Å². The van der Waals surface area contributed by atoms with Crippen molar-refractivity contribution < 1.29 is 9.53 Å². The van der Waals surface area contributed by atoms with Crippen LogP contribution in [-0.4, -0.2) is 37.0 Å². The number of hydrogen-bond donors (Lipinski definition) is 1. The zero-order valence-corrected chi connectivity index (χ0v) is 18.5. The van der Waals surface area contributed by atoms with Gasteiger partial charge in [-0.3, -0.25) is 4.79 Å². The Hall–Kier alpha value is -2.63.